The molecule has 0 heterocycles. The average Bonchev–Trinajstić information content (AvgIpc) is 3.35. The van der Waals surface area contributed by atoms with Crippen molar-refractivity contribution in [1.82, 2.24) is 0 Å². The van der Waals surface area contributed by atoms with Gasteiger partial charge in [-0.15, -0.1) is 0 Å². The highest BCUT2D eigenvalue weighted by molar-refractivity contribution is 8.31. The molecule has 4 atom stereocenters. The third kappa shape index (κ3) is 3.96. The average molecular weight is 405 g/mol. The molecule has 0 spiro atoms. The number of benzene rings is 1. The predicted octanol–water partition coefficient (Wildman–Crippen LogP) is 3.59. The lowest BCUT2D eigenvalue weighted by molar-refractivity contribution is -0.150. The highest BCUT2D eigenvalue weighted by atomic mass is 32.3. The Labute approximate surface area is 168 Å². The summed E-state index contributed by atoms with van der Waals surface area (Å²) in [5.74, 6) is -1.74. The van der Waals surface area contributed by atoms with Crippen molar-refractivity contribution in [1.29, 1.82) is 5.26 Å². The SMILES string of the molecule is [CH]S([O-])(c1ccc(C)cc1)[C@@]1(C#N)[C@H](C(OCC)OCC)[C@@H]1/C=C\C(=O)OC. The molecule has 7 heteroatoms. The Bertz CT molecular complexity index is 749. The van der Waals surface area contributed by atoms with E-state index in [0.29, 0.717) is 18.1 Å². The second-order valence-electron chi connectivity index (χ2n) is 6.53. The molecular formula is C21H26NO5S-. The number of ether oxygens (including phenoxy) is 3. The fourth-order valence-electron chi connectivity index (χ4n) is 3.44. The fraction of sp³-hybridized carbons (Fsp3) is 0.476. The van der Waals surface area contributed by atoms with Crippen LogP contribution in [0.2, 0.25) is 0 Å². The van der Waals surface area contributed by atoms with E-state index in [0.717, 1.165) is 5.56 Å². The van der Waals surface area contributed by atoms with Gasteiger partial charge in [0.15, 0.2) is 6.29 Å². The molecule has 1 fully saturated rings. The normalized spacial score (nSPS) is 27.2. The van der Waals surface area contributed by atoms with Crippen molar-refractivity contribution in [3.8, 4) is 6.07 Å². The standard InChI is InChI=1S/C21H27NO5S/c1-6-26-20(27-7-2)19-17(12-13-18(23)25-4)21(19,14-22)28(5,24)16-10-8-15(3)9-11-16/h5,8-13,17,19-20,24H,6-7H2,1-4H3/p-1/b13-12-/t17-,19-,21+/m0/s1. The minimum atomic E-state index is -3.30. The van der Waals surface area contributed by atoms with Crippen molar-refractivity contribution < 1.29 is 23.6 Å². The highest BCUT2D eigenvalue weighted by Gasteiger charge is 2.71. The van der Waals surface area contributed by atoms with Gasteiger partial charge >= 0.3 is 5.97 Å². The van der Waals surface area contributed by atoms with Gasteiger partial charge in [-0.1, -0.05) is 35.9 Å². The molecule has 0 aliphatic heterocycles. The minimum absolute atomic E-state index is 0.354. The Morgan fingerprint density at radius 1 is 1.36 bits per heavy atom. The lowest BCUT2D eigenvalue weighted by Gasteiger charge is -2.49. The van der Waals surface area contributed by atoms with Gasteiger partial charge in [0.05, 0.1) is 17.9 Å². The summed E-state index contributed by atoms with van der Waals surface area (Å²) in [5, 5.41) is 10.1. The summed E-state index contributed by atoms with van der Waals surface area (Å²) >= 11 is 0. The molecule has 1 aromatic carbocycles. The van der Waals surface area contributed by atoms with Crippen molar-refractivity contribution in [3.63, 3.8) is 0 Å². The van der Waals surface area contributed by atoms with E-state index in [9.17, 15) is 14.6 Å². The van der Waals surface area contributed by atoms with Gasteiger partial charge in [-0.05, 0) is 25.7 Å². The van der Waals surface area contributed by atoms with Crippen LogP contribution in [0, 0.1) is 36.3 Å². The zero-order valence-electron chi connectivity index (χ0n) is 16.6. The van der Waals surface area contributed by atoms with Crippen LogP contribution < -0.4 is 0 Å². The molecule has 1 aliphatic carbocycles. The Kier molecular flexibility index (Phi) is 7.29. The zero-order chi connectivity index (χ0) is 20.9. The maximum atomic E-state index is 13.8. The third-order valence-electron chi connectivity index (χ3n) is 4.91. The first kappa shape index (κ1) is 22.4. The molecule has 0 N–H and O–H groups in total. The summed E-state index contributed by atoms with van der Waals surface area (Å²) in [4.78, 5) is 12.0. The van der Waals surface area contributed by atoms with Crippen LogP contribution >= 0.6 is 10.3 Å². The summed E-state index contributed by atoms with van der Waals surface area (Å²) in [7, 11) is -2.04. The number of hydrogen-bond donors (Lipinski definition) is 0. The van der Waals surface area contributed by atoms with Crippen molar-refractivity contribution in [3.05, 3.63) is 48.2 Å². The van der Waals surface area contributed by atoms with Crippen LogP contribution in [0.15, 0.2) is 41.3 Å². The number of allylic oxidation sites excluding steroid dienone is 1. The minimum Gasteiger partial charge on any atom is -0.807 e. The summed E-state index contributed by atoms with van der Waals surface area (Å²) < 4.78 is 28.3. The largest absolute Gasteiger partial charge is 0.807 e. The van der Waals surface area contributed by atoms with Gasteiger partial charge in [0.25, 0.3) is 0 Å². The second kappa shape index (κ2) is 9.10. The van der Waals surface area contributed by atoms with E-state index in [1.165, 1.54) is 19.3 Å². The second-order valence-corrected chi connectivity index (χ2v) is 8.88. The number of aryl methyl sites for hydroxylation is 1. The van der Waals surface area contributed by atoms with Gasteiger partial charge in [0.2, 0.25) is 0 Å². The number of carbonyl (C=O) groups excluding carboxylic acids is 1. The number of esters is 1. The molecular weight excluding hydrogens is 378 g/mol. The fourth-order valence-corrected chi connectivity index (χ4v) is 5.73. The first-order valence-electron chi connectivity index (χ1n) is 9.08. The molecule has 152 valence electrons. The van der Waals surface area contributed by atoms with Crippen molar-refractivity contribution in [2.24, 2.45) is 11.8 Å². The van der Waals surface area contributed by atoms with Gasteiger partial charge in [0, 0.05) is 37.4 Å². The summed E-state index contributed by atoms with van der Waals surface area (Å²) in [6.45, 7) is 6.23. The summed E-state index contributed by atoms with van der Waals surface area (Å²) in [6.07, 6.45) is 8.30. The predicted molar refractivity (Wildman–Crippen MR) is 106 cm³/mol. The number of hydrogen-bond acceptors (Lipinski definition) is 6. The maximum Gasteiger partial charge on any atom is 0.330 e. The van der Waals surface area contributed by atoms with E-state index in [4.69, 9.17) is 15.7 Å². The first-order valence-corrected chi connectivity index (χ1v) is 10.7. The van der Waals surface area contributed by atoms with E-state index >= 15 is 0 Å². The van der Waals surface area contributed by atoms with Crippen LogP contribution in [0.5, 0.6) is 0 Å². The Hall–Kier alpha value is -1.85. The molecule has 1 aliphatic rings. The zero-order valence-corrected chi connectivity index (χ0v) is 17.4. The topological polar surface area (TPSA) is 91.6 Å². The maximum absolute atomic E-state index is 13.8. The summed E-state index contributed by atoms with van der Waals surface area (Å²) in [5.41, 5.74) is 0.987. The number of nitriles is 1. The number of nitrogens with zero attached hydrogens (tertiary/aromatic N) is 1. The van der Waals surface area contributed by atoms with Crippen molar-refractivity contribution in [2.75, 3.05) is 20.3 Å². The number of carbonyl (C=O) groups is 1. The molecule has 6 nitrogen and oxygen atoms in total. The molecule has 28 heavy (non-hydrogen) atoms. The van der Waals surface area contributed by atoms with Gasteiger partial charge in [0.1, 0.15) is 0 Å². The van der Waals surface area contributed by atoms with E-state index in [1.807, 2.05) is 20.8 Å². The molecule has 1 saturated carbocycles. The van der Waals surface area contributed by atoms with Crippen LogP contribution in [0.25, 0.3) is 0 Å². The number of methoxy groups -OCH3 is 1. The van der Waals surface area contributed by atoms with E-state index in [2.05, 4.69) is 10.8 Å². The number of rotatable bonds is 9. The molecule has 1 aromatic rings. The Balaban J connectivity index is 2.51. The molecule has 0 amide bonds. The monoisotopic (exact) mass is 404 g/mol. The molecule has 1 unspecified atom stereocenters. The van der Waals surface area contributed by atoms with Gasteiger partial charge in [-0.25, -0.2) is 4.79 Å². The van der Waals surface area contributed by atoms with Crippen LogP contribution in [0.4, 0.5) is 0 Å². The lowest BCUT2D eigenvalue weighted by Crippen LogP contribution is -2.28. The van der Waals surface area contributed by atoms with Crippen molar-refractivity contribution >= 4 is 16.3 Å². The van der Waals surface area contributed by atoms with Gasteiger partial charge < -0.3 is 18.8 Å². The van der Waals surface area contributed by atoms with Crippen LogP contribution in [0.3, 0.4) is 0 Å². The lowest BCUT2D eigenvalue weighted by atomic mass is 10.2. The van der Waals surface area contributed by atoms with E-state index in [1.54, 1.807) is 24.3 Å². The Morgan fingerprint density at radius 2 is 1.93 bits per heavy atom. The molecule has 2 rings (SSSR count). The highest BCUT2D eigenvalue weighted by Crippen LogP contribution is 2.78. The Morgan fingerprint density at radius 3 is 2.39 bits per heavy atom. The van der Waals surface area contributed by atoms with Crippen molar-refractivity contribution in [2.45, 2.75) is 36.7 Å². The van der Waals surface area contributed by atoms with Gasteiger partial charge in [-0.3, -0.25) is 10.3 Å². The van der Waals surface area contributed by atoms with Crippen LogP contribution in [-0.2, 0) is 19.0 Å². The van der Waals surface area contributed by atoms with Crippen LogP contribution in [0.1, 0.15) is 19.4 Å². The van der Waals surface area contributed by atoms with E-state index in [-0.39, 0.29) is 0 Å². The third-order valence-corrected chi connectivity index (χ3v) is 7.52. The molecule has 0 bridgehead atoms. The van der Waals surface area contributed by atoms with E-state index < -0.39 is 39.2 Å². The quantitative estimate of drug-likeness (QED) is 0.355. The summed E-state index contributed by atoms with van der Waals surface area (Å²) in [6, 6.07) is 9.12. The molecule has 0 aromatic heterocycles. The smallest absolute Gasteiger partial charge is 0.330 e. The molecule has 0 saturated heterocycles. The van der Waals surface area contributed by atoms with Gasteiger partial charge in [-0.2, -0.15) is 5.26 Å². The van der Waals surface area contributed by atoms with Crippen LogP contribution in [-0.4, -0.2) is 41.9 Å². The first-order chi connectivity index (χ1) is 13.3. The molecule has 2 radical (unpaired) electrons.